The quantitative estimate of drug-likeness (QED) is 0.260. The number of benzene rings is 2. The zero-order chi connectivity index (χ0) is 21.9. The molecule has 0 spiro atoms. The summed E-state index contributed by atoms with van der Waals surface area (Å²) in [6.07, 6.45) is 0. The Morgan fingerprint density at radius 1 is 1.31 bits per heavy atom. The summed E-state index contributed by atoms with van der Waals surface area (Å²) in [6, 6.07) is 8.06. The summed E-state index contributed by atoms with van der Waals surface area (Å²) in [7, 11) is 1.33. The van der Waals surface area contributed by atoms with E-state index in [1.807, 2.05) is 0 Å². The lowest BCUT2D eigenvalue weighted by atomic mass is 10.0. The molecule has 1 amide bonds. The van der Waals surface area contributed by atoms with Crippen LogP contribution in [0.25, 0.3) is 5.76 Å². The molecule has 2 aromatic carbocycles. The first kappa shape index (κ1) is 21.4. The summed E-state index contributed by atoms with van der Waals surface area (Å²) in [5.74, 6) is -2.77. The fourth-order valence-electron chi connectivity index (χ4n) is 2.73. The molecule has 0 saturated heterocycles. The Morgan fingerprint density at radius 3 is 2.55 bits per heavy atom. The highest BCUT2D eigenvalue weighted by Crippen LogP contribution is 2.33. The summed E-state index contributed by atoms with van der Waals surface area (Å²) in [5, 5.41) is 40.6. The lowest BCUT2D eigenvalue weighted by Crippen LogP contribution is -2.28. The normalized spacial score (nSPS) is 11.4. The molecule has 0 saturated carbocycles. The van der Waals surface area contributed by atoms with E-state index < -0.39 is 39.4 Å². The molecule has 0 aliphatic carbocycles. The van der Waals surface area contributed by atoms with Crippen LogP contribution in [0.15, 0.2) is 35.9 Å². The van der Waals surface area contributed by atoms with Gasteiger partial charge in [-0.1, -0.05) is 17.7 Å². The molecule has 9 heteroatoms. The summed E-state index contributed by atoms with van der Waals surface area (Å²) >= 11 is 0. The van der Waals surface area contributed by atoms with Crippen molar-refractivity contribution in [1.82, 2.24) is 4.90 Å². The summed E-state index contributed by atoms with van der Waals surface area (Å²) in [5.41, 5.74) is -0.416. The molecule has 8 nitrogen and oxygen atoms in total. The number of aromatic hydroxyl groups is 1. The Hall–Kier alpha value is -3.93. The molecule has 2 N–H and O–H groups in total. The van der Waals surface area contributed by atoms with Crippen LogP contribution in [0.1, 0.15) is 22.3 Å². The van der Waals surface area contributed by atoms with Crippen molar-refractivity contribution in [3.8, 4) is 11.8 Å². The third kappa shape index (κ3) is 4.50. The van der Waals surface area contributed by atoms with Crippen molar-refractivity contribution < 1.29 is 24.3 Å². The average molecular weight is 399 g/mol. The van der Waals surface area contributed by atoms with E-state index in [9.17, 15) is 34.8 Å². The monoisotopic (exact) mass is 399 g/mol. The molecule has 2 rings (SSSR count). The van der Waals surface area contributed by atoms with Gasteiger partial charge in [-0.25, -0.2) is 4.39 Å². The lowest BCUT2D eigenvalue weighted by molar-refractivity contribution is -0.385. The largest absolute Gasteiger partial charge is 0.506 e. The highest BCUT2D eigenvalue weighted by Gasteiger charge is 2.24. The van der Waals surface area contributed by atoms with Gasteiger partial charge in [0.05, 0.1) is 4.92 Å². The Balaban J connectivity index is 2.44. The average Bonchev–Trinajstić information content (AvgIpc) is 2.66. The van der Waals surface area contributed by atoms with Crippen LogP contribution in [0, 0.1) is 41.1 Å². The topological polar surface area (TPSA) is 128 Å². The highest BCUT2D eigenvalue weighted by atomic mass is 19.1. The van der Waals surface area contributed by atoms with Crippen molar-refractivity contribution in [3.05, 3.63) is 74.1 Å². The van der Waals surface area contributed by atoms with Gasteiger partial charge in [-0.2, -0.15) is 5.26 Å². The van der Waals surface area contributed by atoms with Crippen LogP contribution in [0.5, 0.6) is 5.75 Å². The van der Waals surface area contributed by atoms with E-state index in [0.717, 1.165) is 16.5 Å². The zero-order valence-electron chi connectivity index (χ0n) is 15.9. The maximum atomic E-state index is 14.0. The number of aliphatic hydroxyl groups is 1. The van der Waals surface area contributed by atoms with Crippen molar-refractivity contribution in [1.29, 1.82) is 5.26 Å². The van der Waals surface area contributed by atoms with Crippen LogP contribution in [-0.4, -0.2) is 33.0 Å². The number of carbonyl (C=O) groups excluding carboxylic acids is 1. The maximum absolute atomic E-state index is 14.0. The molecule has 0 bridgehead atoms. The number of hydrogen-bond acceptors (Lipinski definition) is 6. The molecule has 0 radical (unpaired) electrons. The SMILES string of the molecule is Cc1ccc(F)c(CN(C)C(=O)/C(C#N)=C(\O)c2cc(C)c(O)c([N+](=O)[O-])c2)c1. The predicted octanol–water partition coefficient (Wildman–Crippen LogP) is 3.51. The number of nitro groups is 1. The Labute approximate surface area is 165 Å². The Morgan fingerprint density at radius 2 is 1.97 bits per heavy atom. The summed E-state index contributed by atoms with van der Waals surface area (Å²) < 4.78 is 14.0. The molecule has 150 valence electrons. The number of amides is 1. The Bertz CT molecular complexity index is 1070. The number of hydrogen-bond donors (Lipinski definition) is 2. The number of aryl methyl sites for hydroxylation is 2. The first-order valence-electron chi connectivity index (χ1n) is 8.39. The van der Waals surface area contributed by atoms with E-state index in [4.69, 9.17) is 0 Å². The van der Waals surface area contributed by atoms with Crippen LogP contribution in [0.3, 0.4) is 0 Å². The zero-order valence-corrected chi connectivity index (χ0v) is 15.9. The van der Waals surface area contributed by atoms with Gasteiger partial charge >= 0.3 is 5.69 Å². The van der Waals surface area contributed by atoms with Crippen LogP contribution in [0.2, 0.25) is 0 Å². The third-order valence-electron chi connectivity index (χ3n) is 4.27. The van der Waals surface area contributed by atoms with Crippen molar-refractivity contribution in [2.75, 3.05) is 7.05 Å². The van der Waals surface area contributed by atoms with Gasteiger partial charge in [0.15, 0.2) is 11.3 Å². The molecule has 0 aliphatic rings. The summed E-state index contributed by atoms with van der Waals surface area (Å²) in [4.78, 5) is 23.9. The molecule has 0 aromatic heterocycles. The number of aliphatic hydroxyl groups excluding tert-OH is 1. The molecular formula is C20H18FN3O5. The molecule has 29 heavy (non-hydrogen) atoms. The van der Waals surface area contributed by atoms with E-state index in [2.05, 4.69) is 0 Å². The second kappa shape index (κ2) is 8.39. The minimum Gasteiger partial charge on any atom is -0.506 e. The van der Waals surface area contributed by atoms with Gasteiger partial charge in [0, 0.05) is 30.8 Å². The van der Waals surface area contributed by atoms with E-state index >= 15 is 0 Å². The second-order valence-electron chi connectivity index (χ2n) is 6.51. The van der Waals surface area contributed by atoms with Crippen molar-refractivity contribution in [2.45, 2.75) is 20.4 Å². The summed E-state index contributed by atoms with van der Waals surface area (Å²) in [6.45, 7) is 2.98. The van der Waals surface area contributed by atoms with Crippen molar-refractivity contribution in [3.63, 3.8) is 0 Å². The van der Waals surface area contributed by atoms with E-state index in [-0.39, 0.29) is 23.2 Å². The van der Waals surface area contributed by atoms with E-state index in [0.29, 0.717) is 0 Å². The Kier molecular flexibility index (Phi) is 6.18. The number of carbonyl (C=O) groups is 1. The maximum Gasteiger partial charge on any atom is 0.311 e. The van der Waals surface area contributed by atoms with Crippen LogP contribution >= 0.6 is 0 Å². The lowest BCUT2D eigenvalue weighted by Gasteiger charge is -2.18. The first-order valence-corrected chi connectivity index (χ1v) is 8.39. The fraction of sp³-hybridized carbons (Fsp3) is 0.200. The number of nitrogens with zero attached hydrogens (tertiary/aromatic N) is 3. The first-order chi connectivity index (χ1) is 13.6. The number of nitriles is 1. The highest BCUT2D eigenvalue weighted by molar-refractivity contribution is 6.03. The van der Waals surface area contributed by atoms with Gasteiger partial charge in [0.25, 0.3) is 5.91 Å². The number of rotatable bonds is 5. The van der Waals surface area contributed by atoms with Crippen molar-refractivity contribution in [2.24, 2.45) is 0 Å². The van der Waals surface area contributed by atoms with Crippen molar-refractivity contribution >= 4 is 17.4 Å². The predicted molar refractivity (Wildman–Crippen MR) is 102 cm³/mol. The van der Waals surface area contributed by atoms with E-state index in [1.54, 1.807) is 25.1 Å². The van der Waals surface area contributed by atoms with E-state index in [1.165, 1.54) is 26.1 Å². The molecule has 0 atom stereocenters. The molecule has 0 unspecified atom stereocenters. The molecule has 0 aliphatic heterocycles. The molecule has 0 heterocycles. The smallest absolute Gasteiger partial charge is 0.311 e. The van der Waals surface area contributed by atoms with Gasteiger partial charge in [0.1, 0.15) is 17.6 Å². The number of likely N-dealkylation sites (N-methyl/N-ethyl adjacent to an activating group) is 1. The number of halogens is 1. The molecule has 0 fully saturated rings. The number of phenolic OH excluding ortho intramolecular Hbond substituents is 1. The fourth-order valence-corrected chi connectivity index (χ4v) is 2.73. The van der Waals surface area contributed by atoms with Gasteiger partial charge in [-0.3, -0.25) is 14.9 Å². The number of phenols is 1. The van der Waals surface area contributed by atoms with Crippen LogP contribution < -0.4 is 0 Å². The minimum atomic E-state index is -0.890. The van der Waals surface area contributed by atoms with Gasteiger partial charge in [-0.05, 0) is 31.5 Å². The van der Waals surface area contributed by atoms with Crippen LogP contribution in [0.4, 0.5) is 10.1 Å². The number of nitro benzene ring substituents is 1. The molecular weight excluding hydrogens is 381 g/mol. The van der Waals surface area contributed by atoms with Gasteiger partial charge < -0.3 is 15.1 Å². The second-order valence-corrected chi connectivity index (χ2v) is 6.51. The third-order valence-corrected chi connectivity index (χ3v) is 4.27. The van der Waals surface area contributed by atoms with Gasteiger partial charge in [-0.15, -0.1) is 0 Å². The minimum absolute atomic E-state index is 0.0840. The molecule has 2 aromatic rings. The van der Waals surface area contributed by atoms with Crippen LogP contribution in [-0.2, 0) is 11.3 Å². The van der Waals surface area contributed by atoms with Gasteiger partial charge in [0.2, 0.25) is 0 Å². The standard InChI is InChI=1S/C20H18FN3O5/c1-11-4-5-16(21)14(6-11)10-23(3)20(27)15(9-22)19(26)13-7-12(2)18(25)17(8-13)24(28)29/h4-8,25-26H,10H2,1-3H3/b19-15-.